The molecule has 1 N–H and O–H groups in total. The first-order chi connectivity index (χ1) is 17.0. The Morgan fingerprint density at radius 1 is 0.944 bits per heavy atom. The van der Waals surface area contributed by atoms with E-state index >= 15 is 0 Å². The summed E-state index contributed by atoms with van der Waals surface area (Å²) >= 11 is 1.59. The molecule has 0 aliphatic rings. The van der Waals surface area contributed by atoms with Gasteiger partial charge in [0.2, 0.25) is 0 Å². The third-order valence-electron chi connectivity index (χ3n) is 5.20. The number of ether oxygens (including phenoxy) is 3. The summed E-state index contributed by atoms with van der Waals surface area (Å²) in [5.41, 5.74) is 0.807. The molecule has 0 radical (unpaired) electrons. The normalized spacial score (nSPS) is 12.2. The van der Waals surface area contributed by atoms with Gasteiger partial charge in [0.1, 0.15) is 11.5 Å². The van der Waals surface area contributed by atoms with Gasteiger partial charge in [0.15, 0.2) is 18.1 Å². The first kappa shape index (κ1) is 27.3. The van der Waals surface area contributed by atoms with Gasteiger partial charge >= 0.3 is 12.1 Å². The lowest BCUT2D eigenvalue weighted by Gasteiger charge is -2.19. The van der Waals surface area contributed by atoms with Crippen LogP contribution in [0.1, 0.15) is 30.0 Å². The third kappa shape index (κ3) is 7.84. The zero-order chi connectivity index (χ0) is 26.3. The molecule has 0 spiro atoms. The Kier molecular flexibility index (Phi) is 9.14. The molecule has 36 heavy (non-hydrogen) atoms. The number of carboxylic acid groups (broad SMARTS) is 1. The Balaban J connectivity index is 1.64. The first-order valence-electron chi connectivity index (χ1n) is 11.2. The molecule has 1 unspecified atom stereocenters. The molecule has 192 valence electrons. The summed E-state index contributed by atoms with van der Waals surface area (Å²) in [5.74, 6) is 0.871. The molecule has 0 heterocycles. The highest BCUT2D eigenvalue weighted by molar-refractivity contribution is 7.99. The molecule has 3 aromatic carbocycles. The second-order valence-corrected chi connectivity index (χ2v) is 9.37. The number of alkyl halides is 3. The lowest BCUT2D eigenvalue weighted by atomic mass is 10.2. The monoisotopic (exact) mass is 520 g/mol. The maximum Gasteiger partial charge on any atom is 0.416 e. The van der Waals surface area contributed by atoms with Crippen LogP contribution in [-0.4, -0.2) is 29.5 Å². The van der Waals surface area contributed by atoms with Crippen LogP contribution in [0.4, 0.5) is 13.2 Å². The summed E-state index contributed by atoms with van der Waals surface area (Å²) in [6, 6.07) is 15.8. The molecule has 0 saturated heterocycles. The molecular formula is C27H27F3O5S. The minimum absolute atomic E-state index is 0.00574. The number of carbonyl (C=O) groups is 1. The Labute approximate surface area is 212 Å². The van der Waals surface area contributed by atoms with Crippen LogP contribution < -0.4 is 14.2 Å². The molecule has 0 fully saturated rings. The Bertz CT molecular complexity index is 1200. The van der Waals surface area contributed by atoms with Crippen molar-refractivity contribution in [2.24, 2.45) is 0 Å². The number of aliphatic carboxylic acids is 1. The number of para-hydroxylation sites is 1. The summed E-state index contributed by atoms with van der Waals surface area (Å²) in [5, 5.41) is 8.75. The van der Waals surface area contributed by atoms with E-state index in [1.807, 2.05) is 45.0 Å². The van der Waals surface area contributed by atoms with E-state index in [0.29, 0.717) is 23.7 Å². The van der Waals surface area contributed by atoms with Gasteiger partial charge in [-0.2, -0.15) is 13.2 Å². The van der Waals surface area contributed by atoms with Crippen molar-refractivity contribution >= 4 is 17.7 Å². The van der Waals surface area contributed by atoms with E-state index in [0.717, 1.165) is 28.2 Å². The van der Waals surface area contributed by atoms with Crippen LogP contribution in [-0.2, 0) is 11.0 Å². The van der Waals surface area contributed by atoms with Crippen LogP contribution in [0.3, 0.4) is 0 Å². The van der Waals surface area contributed by atoms with Crippen LogP contribution in [0.5, 0.6) is 23.0 Å². The predicted octanol–water partition coefficient (Wildman–Crippen LogP) is 7.53. The maximum absolute atomic E-state index is 13.3. The van der Waals surface area contributed by atoms with Crippen molar-refractivity contribution in [2.75, 3.05) is 12.4 Å². The molecule has 0 amide bonds. The van der Waals surface area contributed by atoms with Gasteiger partial charge in [-0.15, -0.1) is 11.8 Å². The van der Waals surface area contributed by atoms with E-state index in [9.17, 15) is 18.0 Å². The molecule has 0 aliphatic carbocycles. The van der Waals surface area contributed by atoms with Crippen molar-refractivity contribution in [1.82, 2.24) is 0 Å². The number of benzene rings is 3. The highest BCUT2D eigenvalue weighted by Crippen LogP contribution is 2.39. The van der Waals surface area contributed by atoms with Crippen LogP contribution in [0.25, 0.3) is 0 Å². The van der Waals surface area contributed by atoms with Gasteiger partial charge in [0.25, 0.3) is 0 Å². The fraction of sp³-hybridized carbons (Fsp3) is 0.296. The first-order valence-corrected chi connectivity index (χ1v) is 12.2. The fourth-order valence-corrected chi connectivity index (χ4v) is 4.39. The van der Waals surface area contributed by atoms with E-state index in [1.165, 1.54) is 6.07 Å². The number of halogens is 3. The maximum atomic E-state index is 13.3. The summed E-state index contributed by atoms with van der Waals surface area (Å²) < 4.78 is 57.0. The van der Waals surface area contributed by atoms with Crippen LogP contribution in [0.15, 0.2) is 65.6 Å². The number of aryl methyl sites for hydroxylation is 2. The lowest BCUT2D eigenvalue weighted by molar-refractivity contribution is -0.139. The summed E-state index contributed by atoms with van der Waals surface area (Å²) in [6.07, 6.45) is -4.16. The zero-order valence-electron chi connectivity index (χ0n) is 20.1. The molecule has 3 aromatic rings. The molecule has 5 nitrogen and oxygen atoms in total. The van der Waals surface area contributed by atoms with Gasteiger partial charge in [-0.1, -0.05) is 18.2 Å². The van der Waals surface area contributed by atoms with E-state index < -0.39 is 24.3 Å². The van der Waals surface area contributed by atoms with E-state index in [1.54, 1.807) is 30.0 Å². The van der Waals surface area contributed by atoms with Crippen molar-refractivity contribution in [1.29, 1.82) is 0 Å². The molecule has 9 heteroatoms. The van der Waals surface area contributed by atoms with Crippen LogP contribution in [0.2, 0.25) is 0 Å². The number of thioether (sulfide) groups is 1. The van der Waals surface area contributed by atoms with E-state index in [2.05, 4.69) is 0 Å². The zero-order valence-corrected chi connectivity index (χ0v) is 20.9. The van der Waals surface area contributed by atoms with Gasteiger partial charge in [-0.05, 0) is 80.8 Å². The van der Waals surface area contributed by atoms with Crippen molar-refractivity contribution in [3.63, 3.8) is 0 Å². The smallest absolute Gasteiger partial charge is 0.416 e. The highest BCUT2D eigenvalue weighted by atomic mass is 32.2. The third-order valence-corrected chi connectivity index (χ3v) is 6.23. The number of rotatable bonds is 11. The second kappa shape index (κ2) is 12.1. The second-order valence-electron chi connectivity index (χ2n) is 8.20. The summed E-state index contributed by atoms with van der Waals surface area (Å²) in [7, 11) is 0. The predicted molar refractivity (Wildman–Crippen MR) is 132 cm³/mol. The van der Waals surface area contributed by atoms with Gasteiger partial charge in [0, 0.05) is 10.6 Å². The van der Waals surface area contributed by atoms with Gasteiger partial charge in [-0.25, -0.2) is 4.79 Å². The fourth-order valence-electron chi connectivity index (χ4n) is 3.28. The molecule has 0 saturated carbocycles. The minimum atomic E-state index is -4.50. The molecule has 0 aliphatic heterocycles. The summed E-state index contributed by atoms with van der Waals surface area (Å²) in [6.45, 7) is 5.11. The number of hydrogen-bond acceptors (Lipinski definition) is 5. The molecule has 3 rings (SSSR count). The molecular weight excluding hydrogens is 493 g/mol. The van der Waals surface area contributed by atoms with Crippen LogP contribution in [0, 0.1) is 13.8 Å². The minimum Gasteiger partial charge on any atom is -0.487 e. The van der Waals surface area contributed by atoms with Gasteiger partial charge in [0.05, 0.1) is 11.7 Å². The molecule has 1 atom stereocenters. The summed E-state index contributed by atoms with van der Waals surface area (Å²) in [4.78, 5) is 11.7. The Morgan fingerprint density at radius 2 is 1.67 bits per heavy atom. The van der Waals surface area contributed by atoms with Crippen molar-refractivity contribution < 1.29 is 37.3 Å². The SMILES string of the molecule is Cc1cc(SCCC(C)Oc2ccc(C(F)(F)F)cc2Oc2ccccc2C)ccc1OCC(=O)O. The van der Waals surface area contributed by atoms with Crippen LogP contribution >= 0.6 is 11.8 Å². The average molecular weight is 521 g/mol. The molecule has 0 bridgehead atoms. The lowest BCUT2D eigenvalue weighted by Crippen LogP contribution is -2.14. The van der Waals surface area contributed by atoms with Crippen molar-refractivity contribution in [3.05, 3.63) is 77.4 Å². The van der Waals surface area contributed by atoms with E-state index in [-0.39, 0.29) is 17.6 Å². The topological polar surface area (TPSA) is 65.0 Å². The van der Waals surface area contributed by atoms with Gasteiger partial charge in [-0.3, -0.25) is 0 Å². The number of carboxylic acids is 1. The van der Waals surface area contributed by atoms with E-state index in [4.69, 9.17) is 19.3 Å². The standard InChI is InChI=1S/C27H27F3O5S/c1-17-6-4-5-7-23(17)35-25-15-20(27(28,29)30)8-10-24(25)34-19(3)12-13-36-21-9-11-22(18(2)14-21)33-16-26(31)32/h4-11,14-15,19H,12-13,16H2,1-3H3,(H,31,32). The largest absolute Gasteiger partial charge is 0.487 e. The highest BCUT2D eigenvalue weighted by Gasteiger charge is 2.32. The quantitative estimate of drug-likeness (QED) is 0.264. The van der Waals surface area contributed by atoms with Crippen molar-refractivity contribution in [3.8, 4) is 23.0 Å². The molecule has 0 aromatic heterocycles. The Hall–Kier alpha value is -3.33. The number of hydrogen-bond donors (Lipinski definition) is 1. The van der Waals surface area contributed by atoms with Crippen molar-refractivity contribution in [2.45, 2.75) is 44.4 Å². The Morgan fingerprint density at radius 3 is 2.33 bits per heavy atom. The average Bonchev–Trinajstić information content (AvgIpc) is 2.80. The van der Waals surface area contributed by atoms with Gasteiger partial charge < -0.3 is 19.3 Å².